The molecule has 18 N–H and O–H groups in total. The summed E-state index contributed by atoms with van der Waals surface area (Å²) in [6, 6.07) is 0. The first-order valence-corrected chi connectivity index (χ1v) is 31.4. The van der Waals surface area contributed by atoms with Crippen LogP contribution in [0.25, 0.3) is 0 Å². The van der Waals surface area contributed by atoms with E-state index in [1.54, 1.807) is 13.8 Å². The molecule has 0 amide bonds. The van der Waals surface area contributed by atoms with Crippen LogP contribution in [-0.2, 0) is 47.4 Å². The van der Waals surface area contributed by atoms with Crippen molar-refractivity contribution < 1.29 is 139 Å². The average Bonchev–Trinajstić information content (AvgIpc) is 1.27. The Hall–Kier alpha value is -1.38. The van der Waals surface area contributed by atoms with Crippen LogP contribution in [0.4, 0.5) is 0 Å². The van der Waals surface area contributed by atoms with E-state index in [2.05, 4.69) is 33.8 Å². The van der Waals surface area contributed by atoms with E-state index < -0.39 is 215 Å². The Bertz CT molecular complexity index is 2310. The SMILES string of the molecule is C[C@H](CC[C@@H](O[C@@H]1O[C@H](CO[C@H]2O[C@H](CO)[C@@H](O)[C@H](O)[C@H]2O)[C@@H](O)[C@H](O)[C@H]1O[C@H]1C[C@@H](O)[C@H](O)[C@@H](CO)O1)C(C)(C)O)C1CC[C@@]2(C)C3CC=C4C(CC[C@H](O[C@@H]5O[C@H](CO[C@H]6O[C@H](CO)[C@@H](O)[C@H](O)[C@H]6O)[C@@H](O)[C@H](O)[C@H]5O)C4(C)C)[C@]3(C)[C@H](O)C[C@]12C. The molecule has 0 radical (unpaired) electrons. The first kappa shape index (κ1) is 70.9. The van der Waals surface area contributed by atoms with Gasteiger partial charge in [-0.3, -0.25) is 0 Å². The molecule has 28 heteroatoms. The van der Waals surface area contributed by atoms with Crippen molar-refractivity contribution in [3.63, 3.8) is 0 Å². The molecule has 0 spiro atoms. The summed E-state index contributed by atoms with van der Waals surface area (Å²) in [5.74, 6) is 0.0861. The fourth-order valence-corrected chi connectivity index (χ4v) is 17.0. The predicted octanol–water partition coefficient (Wildman–Crippen LogP) is -4.38. The van der Waals surface area contributed by atoms with Gasteiger partial charge in [0.25, 0.3) is 0 Å². The summed E-state index contributed by atoms with van der Waals surface area (Å²) in [6.45, 7) is 13.0. The molecule has 4 aliphatic carbocycles. The Morgan fingerprint density at radius 2 is 1.06 bits per heavy atom. The van der Waals surface area contributed by atoms with Crippen LogP contribution in [0.1, 0.15) is 113 Å². The van der Waals surface area contributed by atoms with E-state index >= 15 is 0 Å². The lowest BCUT2D eigenvalue weighted by atomic mass is 9.38. The van der Waals surface area contributed by atoms with E-state index in [-0.39, 0.29) is 47.3 Å². The highest BCUT2D eigenvalue weighted by atomic mass is 16.8. The third kappa shape index (κ3) is 13.0. The van der Waals surface area contributed by atoms with Crippen molar-refractivity contribution in [2.75, 3.05) is 33.0 Å². The van der Waals surface area contributed by atoms with Crippen molar-refractivity contribution in [1.29, 1.82) is 0 Å². The molecule has 9 rings (SSSR count). The molecule has 34 atom stereocenters. The fraction of sp³-hybridized carbons (Fsp3) is 0.967. The minimum atomic E-state index is -1.83. The van der Waals surface area contributed by atoms with Gasteiger partial charge < -0.3 is 139 Å². The van der Waals surface area contributed by atoms with Gasteiger partial charge in [0, 0.05) is 17.3 Å². The molecule has 5 saturated heterocycles. The van der Waals surface area contributed by atoms with Gasteiger partial charge in [0.1, 0.15) is 110 Å². The molecule has 28 nitrogen and oxygen atoms in total. The number of allylic oxidation sites excluding steroid dienone is 1. The van der Waals surface area contributed by atoms with Gasteiger partial charge in [-0.1, -0.05) is 53.2 Å². The lowest BCUT2D eigenvalue weighted by Gasteiger charge is -2.67. The minimum absolute atomic E-state index is 0.000640. The maximum Gasteiger partial charge on any atom is 0.187 e. The van der Waals surface area contributed by atoms with Crippen LogP contribution in [0.15, 0.2) is 11.6 Å². The van der Waals surface area contributed by atoms with Gasteiger partial charge in [0.2, 0.25) is 0 Å². The molecule has 0 aromatic heterocycles. The monoisotopic (exact) mass is 1270 g/mol. The second-order valence-corrected chi connectivity index (χ2v) is 28.6. The van der Waals surface area contributed by atoms with Crippen molar-refractivity contribution in [1.82, 2.24) is 0 Å². The van der Waals surface area contributed by atoms with Crippen molar-refractivity contribution in [3.05, 3.63) is 11.6 Å². The maximum absolute atomic E-state index is 12.8. The molecular formula is C60H102O28. The van der Waals surface area contributed by atoms with Crippen LogP contribution in [0, 0.1) is 45.3 Å². The smallest absolute Gasteiger partial charge is 0.187 e. The molecule has 9 aliphatic rings. The van der Waals surface area contributed by atoms with Crippen LogP contribution < -0.4 is 0 Å². The van der Waals surface area contributed by atoms with Crippen LogP contribution in [0.3, 0.4) is 0 Å². The van der Waals surface area contributed by atoms with Crippen molar-refractivity contribution in [2.45, 2.75) is 285 Å². The molecule has 0 aromatic carbocycles. The summed E-state index contributed by atoms with van der Waals surface area (Å²) in [7, 11) is 0. The topological polar surface area (TPSA) is 456 Å². The molecule has 8 fully saturated rings. The molecule has 0 aromatic rings. The van der Waals surface area contributed by atoms with E-state index in [1.165, 1.54) is 0 Å². The van der Waals surface area contributed by atoms with E-state index in [4.69, 9.17) is 47.4 Å². The lowest BCUT2D eigenvalue weighted by Crippen LogP contribution is -2.65. The van der Waals surface area contributed by atoms with Crippen molar-refractivity contribution in [2.24, 2.45) is 45.3 Å². The van der Waals surface area contributed by atoms with Crippen LogP contribution in [0.5, 0.6) is 0 Å². The molecule has 3 unspecified atom stereocenters. The van der Waals surface area contributed by atoms with E-state index in [9.17, 15) is 91.9 Å². The highest BCUT2D eigenvalue weighted by molar-refractivity contribution is 5.32. The lowest BCUT2D eigenvalue weighted by molar-refractivity contribution is -0.369. The maximum atomic E-state index is 12.8. The van der Waals surface area contributed by atoms with E-state index in [1.807, 2.05) is 13.8 Å². The van der Waals surface area contributed by atoms with Crippen LogP contribution in [0.2, 0.25) is 0 Å². The summed E-state index contributed by atoms with van der Waals surface area (Å²) in [5.41, 5.74) is -2.34. The zero-order valence-corrected chi connectivity index (χ0v) is 51.5. The van der Waals surface area contributed by atoms with E-state index in [0.29, 0.717) is 32.1 Å². The number of rotatable bonds is 20. The first-order chi connectivity index (χ1) is 41.2. The van der Waals surface area contributed by atoms with Gasteiger partial charge >= 0.3 is 0 Å². The molecule has 0 bridgehead atoms. The minimum Gasteiger partial charge on any atom is -0.394 e. The summed E-state index contributed by atoms with van der Waals surface area (Å²) >= 11 is 0. The third-order valence-corrected chi connectivity index (χ3v) is 22.8. The summed E-state index contributed by atoms with van der Waals surface area (Å²) in [6.07, 6.45) is -33.3. The third-order valence-electron chi connectivity index (χ3n) is 22.8. The number of ether oxygens (including phenoxy) is 10. The number of hydrogen-bond acceptors (Lipinski definition) is 28. The standard InChI is InChI=1S/C60H102O28/c1-24(9-13-37(57(4,5)78)87-55-51(88-38-17-28(64)39(66)29(19-61)81-38)47(74)43(70)33(85-55)23-80-53-49(76)45(72)41(68)31(21-63)83-53)25-15-16-58(6)34-12-10-26-27(60(34,8)35(65)18-59(25,58)7)11-14-36(56(26,2)3)86-54-50(77)46(73)42(69)32(84-54)22-79-52-48(75)44(71)40(67)30(20-62)82-52/h10,24-25,27-55,61-78H,9,11-23H2,1-8H3/t24-,25?,27?,28-,29-,30-,31-,32-,33-,34?,35-,36+,37-,38+,39+,40-,41-,42-,43-,44+,45+,46+,47+,48-,49-,50-,51-,52+,53+,54+,55+,58+,59-,60+/m1/s1. The predicted molar refractivity (Wildman–Crippen MR) is 299 cm³/mol. The van der Waals surface area contributed by atoms with Gasteiger partial charge in [0.05, 0.1) is 63.1 Å². The Morgan fingerprint density at radius 1 is 0.557 bits per heavy atom. The zero-order chi connectivity index (χ0) is 64.7. The number of aliphatic hydroxyl groups excluding tert-OH is 17. The first-order valence-electron chi connectivity index (χ1n) is 31.4. The summed E-state index contributed by atoms with van der Waals surface area (Å²) in [4.78, 5) is 0. The quantitative estimate of drug-likeness (QED) is 0.0512. The van der Waals surface area contributed by atoms with Gasteiger partial charge in [-0.2, -0.15) is 0 Å². The molecular weight excluding hydrogens is 1170 g/mol. The Kier molecular flexibility index (Phi) is 22.1. The van der Waals surface area contributed by atoms with E-state index in [0.717, 1.165) is 18.4 Å². The second-order valence-electron chi connectivity index (χ2n) is 28.6. The average molecular weight is 1270 g/mol. The fourth-order valence-electron chi connectivity index (χ4n) is 17.0. The van der Waals surface area contributed by atoms with Gasteiger partial charge in [-0.25, -0.2) is 0 Å². The van der Waals surface area contributed by atoms with Crippen molar-refractivity contribution >= 4 is 0 Å². The van der Waals surface area contributed by atoms with Crippen LogP contribution >= 0.6 is 0 Å². The van der Waals surface area contributed by atoms with Crippen molar-refractivity contribution in [3.8, 4) is 0 Å². The number of aliphatic hydroxyl groups is 18. The van der Waals surface area contributed by atoms with Crippen LogP contribution in [-0.4, -0.2) is 296 Å². The van der Waals surface area contributed by atoms with Gasteiger partial charge in [-0.15, -0.1) is 0 Å². The number of fused-ring (bicyclic) bond motifs is 5. The van der Waals surface area contributed by atoms with Gasteiger partial charge in [0.15, 0.2) is 31.5 Å². The molecule has 5 aliphatic heterocycles. The highest BCUT2D eigenvalue weighted by Crippen LogP contribution is 2.75. The second kappa shape index (κ2) is 27.4. The molecule has 3 saturated carbocycles. The number of hydrogen-bond donors (Lipinski definition) is 18. The largest absolute Gasteiger partial charge is 0.394 e. The molecule has 5 heterocycles. The Balaban J connectivity index is 0.877. The summed E-state index contributed by atoms with van der Waals surface area (Å²) in [5, 5.41) is 194. The molecule has 510 valence electrons. The Morgan fingerprint density at radius 3 is 1.60 bits per heavy atom. The normalized spacial score (nSPS) is 51.4. The Labute approximate surface area is 512 Å². The zero-order valence-electron chi connectivity index (χ0n) is 51.5. The van der Waals surface area contributed by atoms with Gasteiger partial charge in [-0.05, 0) is 99.7 Å². The highest BCUT2D eigenvalue weighted by Gasteiger charge is 2.70. The summed E-state index contributed by atoms with van der Waals surface area (Å²) < 4.78 is 59.8. The molecule has 88 heavy (non-hydrogen) atoms.